The number of rotatable bonds is 2. The van der Waals surface area contributed by atoms with Crippen LogP contribution in [0.4, 0.5) is 0 Å². The lowest BCUT2D eigenvalue weighted by atomic mass is 10.6. The molecule has 0 rings (SSSR count). The molecule has 0 saturated heterocycles. The predicted octanol–water partition coefficient (Wildman–Crippen LogP) is -0.285. The summed E-state index contributed by atoms with van der Waals surface area (Å²) < 4.78 is 0.726. The number of aldehydes is 1. The molecule has 0 fully saturated rings. The molecule has 0 saturated carbocycles. The highest BCUT2D eigenvalue weighted by molar-refractivity contribution is 5.50. The summed E-state index contributed by atoms with van der Waals surface area (Å²) in [6.45, 7) is 0.597. The monoisotopic (exact) mass is 119 g/mol. The molecule has 0 radical (unpaired) electrons. The maximum Gasteiger partial charge on any atom is 0.174 e. The van der Waals surface area contributed by atoms with Gasteiger partial charge in [0.2, 0.25) is 0 Å². The Hall–Kier alpha value is -0.410. The molecule has 0 aliphatic heterocycles. The van der Waals surface area contributed by atoms with E-state index in [2.05, 4.69) is 0 Å². The number of nitrogens with zero attached hydrogens (tertiary/aromatic N) is 1. The van der Waals surface area contributed by atoms with E-state index in [1.54, 1.807) is 0 Å². The third-order valence-electron chi connectivity index (χ3n) is 0.622. The zero-order valence-corrected chi connectivity index (χ0v) is 5.59. The van der Waals surface area contributed by atoms with Crippen LogP contribution in [0.25, 0.3) is 0 Å². The standard InChI is InChI=1S/C5H12NO.H2O/c1-6(2,3)4-5-7;/h5H,4H2,1-3H3;1H2/q+1;/p-1. The number of hydrogen-bond acceptors (Lipinski definition) is 2. The van der Waals surface area contributed by atoms with Crippen LogP contribution in [0.1, 0.15) is 0 Å². The Morgan fingerprint density at radius 2 is 1.75 bits per heavy atom. The van der Waals surface area contributed by atoms with Gasteiger partial charge in [-0.25, -0.2) is 0 Å². The van der Waals surface area contributed by atoms with E-state index in [-0.39, 0.29) is 5.48 Å². The minimum Gasteiger partial charge on any atom is -0.870 e. The average Bonchev–Trinajstić information content (AvgIpc) is 1.30. The second-order valence-electron chi connectivity index (χ2n) is 2.64. The fourth-order valence-electron chi connectivity index (χ4n) is 0.224. The first-order chi connectivity index (χ1) is 3.06. The lowest BCUT2D eigenvalue weighted by molar-refractivity contribution is -0.861. The van der Waals surface area contributed by atoms with E-state index in [0.717, 1.165) is 10.8 Å². The van der Waals surface area contributed by atoms with Crippen LogP contribution in [0.5, 0.6) is 0 Å². The van der Waals surface area contributed by atoms with Crippen LogP contribution in [0.2, 0.25) is 0 Å². The van der Waals surface area contributed by atoms with Crippen molar-refractivity contribution in [2.45, 2.75) is 0 Å². The highest BCUT2D eigenvalue weighted by Crippen LogP contribution is 1.82. The van der Waals surface area contributed by atoms with Gasteiger partial charge in [-0.05, 0) is 0 Å². The number of carbonyl (C=O) groups is 1. The van der Waals surface area contributed by atoms with Gasteiger partial charge in [0.15, 0.2) is 6.29 Å². The third-order valence-corrected chi connectivity index (χ3v) is 0.622. The normalized spacial score (nSPS) is 9.88. The third kappa shape index (κ3) is 9.14. The molecule has 3 heteroatoms. The Balaban J connectivity index is 0. The molecule has 0 atom stereocenters. The zero-order valence-electron chi connectivity index (χ0n) is 5.59. The summed E-state index contributed by atoms with van der Waals surface area (Å²) in [6.07, 6.45) is 0.931. The first kappa shape index (κ1) is 10.5. The second-order valence-corrected chi connectivity index (χ2v) is 2.64. The van der Waals surface area contributed by atoms with Gasteiger partial charge >= 0.3 is 0 Å². The van der Waals surface area contributed by atoms with Crippen molar-refractivity contribution < 1.29 is 14.8 Å². The first-order valence-electron chi connectivity index (χ1n) is 2.30. The highest BCUT2D eigenvalue weighted by Gasteiger charge is 2.01. The molecule has 0 aliphatic rings. The lowest BCUT2D eigenvalue weighted by Gasteiger charge is -2.19. The van der Waals surface area contributed by atoms with Gasteiger partial charge in [-0.15, -0.1) is 0 Å². The lowest BCUT2D eigenvalue weighted by Crippen LogP contribution is -2.35. The Kier molecular flexibility index (Phi) is 4.71. The van der Waals surface area contributed by atoms with Crippen molar-refractivity contribution >= 4 is 6.29 Å². The van der Waals surface area contributed by atoms with E-state index in [1.807, 2.05) is 21.1 Å². The Labute approximate surface area is 49.8 Å². The smallest absolute Gasteiger partial charge is 0.174 e. The summed E-state index contributed by atoms with van der Waals surface area (Å²) in [7, 11) is 5.94. The summed E-state index contributed by atoms with van der Waals surface area (Å²) in [5.41, 5.74) is 0. The van der Waals surface area contributed by atoms with Crippen LogP contribution in [0, 0.1) is 0 Å². The Morgan fingerprint density at radius 3 is 1.75 bits per heavy atom. The van der Waals surface area contributed by atoms with Gasteiger partial charge < -0.3 is 9.96 Å². The van der Waals surface area contributed by atoms with Gasteiger partial charge in [0.05, 0.1) is 21.1 Å². The van der Waals surface area contributed by atoms with Crippen molar-refractivity contribution in [2.24, 2.45) is 0 Å². The fourth-order valence-corrected chi connectivity index (χ4v) is 0.224. The SMILES string of the molecule is C[N+](C)(C)CC=O.[OH-]. The van der Waals surface area contributed by atoms with Gasteiger partial charge in [-0.2, -0.15) is 0 Å². The topological polar surface area (TPSA) is 47.1 Å². The van der Waals surface area contributed by atoms with Crippen molar-refractivity contribution in [3.05, 3.63) is 0 Å². The number of likely N-dealkylation sites (N-methyl/N-ethyl adjacent to an activating group) is 1. The summed E-state index contributed by atoms with van der Waals surface area (Å²) in [5.74, 6) is 0. The molecule has 0 aliphatic carbocycles. The van der Waals surface area contributed by atoms with E-state index in [4.69, 9.17) is 0 Å². The quantitative estimate of drug-likeness (QED) is 0.370. The van der Waals surface area contributed by atoms with Crippen molar-refractivity contribution in [3.63, 3.8) is 0 Å². The molecule has 0 unspecified atom stereocenters. The fraction of sp³-hybridized carbons (Fsp3) is 0.800. The van der Waals surface area contributed by atoms with E-state index in [1.165, 1.54) is 0 Å². The minimum atomic E-state index is 0. The second kappa shape index (κ2) is 3.57. The predicted molar refractivity (Wildman–Crippen MR) is 30.9 cm³/mol. The van der Waals surface area contributed by atoms with E-state index in [0.29, 0.717) is 6.54 Å². The molecule has 0 aromatic carbocycles. The van der Waals surface area contributed by atoms with Gasteiger partial charge in [0, 0.05) is 0 Å². The molecule has 1 N–H and O–H groups in total. The molecule has 8 heavy (non-hydrogen) atoms. The Bertz CT molecular complexity index is 65.3. The molecule has 3 nitrogen and oxygen atoms in total. The van der Waals surface area contributed by atoms with Crippen LogP contribution in [-0.4, -0.2) is 43.9 Å². The largest absolute Gasteiger partial charge is 0.870 e. The van der Waals surface area contributed by atoms with Crippen LogP contribution in [0.3, 0.4) is 0 Å². The molecule has 0 aromatic heterocycles. The number of quaternary nitrogens is 1. The van der Waals surface area contributed by atoms with Gasteiger partial charge in [0.1, 0.15) is 6.54 Å². The van der Waals surface area contributed by atoms with Gasteiger partial charge in [-0.3, -0.25) is 4.79 Å². The van der Waals surface area contributed by atoms with Crippen LogP contribution >= 0.6 is 0 Å². The maximum atomic E-state index is 9.80. The van der Waals surface area contributed by atoms with Crippen LogP contribution < -0.4 is 0 Å². The number of carbonyl (C=O) groups excluding carboxylic acids is 1. The molecule has 0 bridgehead atoms. The molecule has 0 aromatic rings. The van der Waals surface area contributed by atoms with Crippen LogP contribution in [-0.2, 0) is 4.79 Å². The summed E-state index contributed by atoms with van der Waals surface area (Å²) >= 11 is 0. The summed E-state index contributed by atoms with van der Waals surface area (Å²) in [6, 6.07) is 0. The van der Waals surface area contributed by atoms with Gasteiger partial charge in [-0.1, -0.05) is 0 Å². The molecule has 0 heterocycles. The van der Waals surface area contributed by atoms with Gasteiger partial charge in [0.25, 0.3) is 0 Å². The van der Waals surface area contributed by atoms with Crippen molar-refractivity contribution in [1.82, 2.24) is 0 Å². The molecule has 50 valence electrons. The summed E-state index contributed by atoms with van der Waals surface area (Å²) in [4.78, 5) is 9.80. The molecular formula is C5H13NO2. The molecular weight excluding hydrogens is 106 g/mol. The highest BCUT2D eigenvalue weighted by atomic mass is 16.1. The van der Waals surface area contributed by atoms with E-state index < -0.39 is 0 Å². The van der Waals surface area contributed by atoms with Crippen molar-refractivity contribution in [1.29, 1.82) is 0 Å². The number of hydrogen-bond donors (Lipinski definition) is 0. The Morgan fingerprint density at radius 1 is 1.38 bits per heavy atom. The first-order valence-corrected chi connectivity index (χ1v) is 2.30. The minimum absolute atomic E-state index is 0. The maximum absolute atomic E-state index is 9.80. The van der Waals surface area contributed by atoms with Crippen molar-refractivity contribution in [2.75, 3.05) is 27.7 Å². The zero-order chi connectivity index (χ0) is 5.91. The van der Waals surface area contributed by atoms with Crippen molar-refractivity contribution in [3.8, 4) is 0 Å². The van der Waals surface area contributed by atoms with E-state index >= 15 is 0 Å². The molecule has 0 amide bonds. The summed E-state index contributed by atoms with van der Waals surface area (Å²) in [5, 5.41) is 0. The van der Waals surface area contributed by atoms with E-state index in [9.17, 15) is 4.79 Å². The van der Waals surface area contributed by atoms with Crippen LogP contribution in [0.15, 0.2) is 0 Å². The average molecular weight is 119 g/mol. The molecule has 0 spiro atoms.